The Morgan fingerprint density at radius 2 is 2.11 bits per heavy atom. The molecule has 0 aliphatic heterocycles. The molecule has 2 aromatic rings. The lowest BCUT2D eigenvalue weighted by molar-refractivity contribution is 0.311. The maximum Gasteiger partial charge on any atom is 0.163 e. The number of hydrogen-bond donors (Lipinski definition) is 1. The predicted molar refractivity (Wildman–Crippen MR) is 75.9 cm³/mol. The van der Waals surface area contributed by atoms with Gasteiger partial charge in [-0.25, -0.2) is 0 Å². The number of aryl methyl sites for hydroxylation is 1. The van der Waals surface area contributed by atoms with E-state index in [4.69, 9.17) is 20.2 Å². The van der Waals surface area contributed by atoms with E-state index in [1.54, 1.807) is 7.11 Å². The number of pyridine rings is 1. The van der Waals surface area contributed by atoms with Crippen LogP contribution < -0.4 is 15.2 Å². The van der Waals surface area contributed by atoms with Crippen LogP contribution in [0, 0.1) is 0 Å². The summed E-state index contributed by atoms with van der Waals surface area (Å²) in [5, 5.41) is 0.959. The molecule has 1 aromatic heterocycles. The van der Waals surface area contributed by atoms with Crippen molar-refractivity contribution in [1.82, 2.24) is 4.98 Å². The highest BCUT2D eigenvalue weighted by Gasteiger charge is 2.19. The Morgan fingerprint density at radius 1 is 1.26 bits per heavy atom. The fourth-order valence-electron chi connectivity index (χ4n) is 2.73. The molecule has 0 amide bonds. The van der Waals surface area contributed by atoms with Gasteiger partial charge in [-0.3, -0.25) is 4.98 Å². The second kappa shape index (κ2) is 4.61. The van der Waals surface area contributed by atoms with Crippen molar-refractivity contribution in [3.05, 3.63) is 23.4 Å². The van der Waals surface area contributed by atoms with Gasteiger partial charge in [0.1, 0.15) is 0 Å². The summed E-state index contributed by atoms with van der Waals surface area (Å²) >= 11 is 0. The molecule has 0 atom stereocenters. The van der Waals surface area contributed by atoms with Gasteiger partial charge in [-0.05, 0) is 37.8 Å². The summed E-state index contributed by atoms with van der Waals surface area (Å²) in [6.45, 7) is 2.55. The quantitative estimate of drug-likeness (QED) is 0.919. The van der Waals surface area contributed by atoms with E-state index in [1.165, 1.54) is 5.56 Å². The van der Waals surface area contributed by atoms with Crippen LogP contribution in [0.25, 0.3) is 10.9 Å². The molecule has 1 aliphatic rings. The third-order valence-corrected chi connectivity index (χ3v) is 3.64. The molecule has 1 aromatic carbocycles. The van der Waals surface area contributed by atoms with Crippen LogP contribution in [0.15, 0.2) is 12.1 Å². The summed E-state index contributed by atoms with van der Waals surface area (Å²) in [7, 11) is 1.64. The Bertz CT molecular complexity index is 638. The molecule has 0 fully saturated rings. The summed E-state index contributed by atoms with van der Waals surface area (Å²) in [5.74, 6) is 1.43. The molecule has 1 heterocycles. The van der Waals surface area contributed by atoms with Crippen molar-refractivity contribution in [2.24, 2.45) is 0 Å². The summed E-state index contributed by atoms with van der Waals surface area (Å²) < 4.78 is 11.0. The molecule has 3 rings (SSSR count). The molecule has 4 nitrogen and oxygen atoms in total. The number of ether oxygens (including phenoxy) is 2. The first-order valence-corrected chi connectivity index (χ1v) is 6.66. The Balaban J connectivity index is 2.26. The minimum atomic E-state index is 0.599. The van der Waals surface area contributed by atoms with E-state index in [2.05, 4.69) is 0 Å². The van der Waals surface area contributed by atoms with Gasteiger partial charge in [0.25, 0.3) is 0 Å². The van der Waals surface area contributed by atoms with E-state index in [0.717, 1.165) is 47.3 Å². The lowest BCUT2D eigenvalue weighted by atomic mass is 10.1. The zero-order valence-electron chi connectivity index (χ0n) is 11.3. The molecule has 1 aliphatic carbocycles. The normalized spacial score (nSPS) is 13.6. The Labute approximate surface area is 112 Å². The summed E-state index contributed by atoms with van der Waals surface area (Å²) in [4.78, 5) is 4.72. The molecule has 0 spiro atoms. The summed E-state index contributed by atoms with van der Waals surface area (Å²) in [6, 6.07) is 3.86. The number of fused-ring (bicyclic) bond motifs is 2. The van der Waals surface area contributed by atoms with Crippen LogP contribution in [0.2, 0.25) is 0 Å². The lowest BCUT2D eigenvalue weighted by Crippen LogP contribution is -2.01. The number of hydrogen-bond acceptors (Lipinski definition) is 4. The second-order valence-electron chi connectivity index (χ2n) is 4.76. The van der Waals surface area contributed by atoms with E-state index in [0.29, 0.717) is 12.4 Å². The van der Waals surface area contributed by atoms with Crippen LogP contribution in [0.1, 0.15) is 24.6 Å². The van der Waals surface area contributed by atoms with Gasteiger partial charge < -0.3 is 15.2 Å². The van der Waals surface area contributed by atoms with Gasteiger partial charge in [-0.1, -0.05) is 0 Å². The number of nitrogens with zero attached hydrogens (tertiary/aromatic N) is 1. The minimum absolute atomic E-state index is 0.599. The van der Waals surface area contributed by atoms with Crippen molar-refractivity contribution in [2.45, 2.75) is 26.2 Å². The highest BCUT2D eigenvalue weighted by Crippen LogP contribution is 2.38. The van der Waals surface area contributed by atoms with Crippen LogP contribution in [0.4, 0.5) is 5.69 Å². The molecule has 0 saturated heterocycles. The monoisotopic (exact) mass is 258 g/mol. The third-order valence-electron chi connectivity index (χ3n) is 3.64. The highest BCUT2D eigenvalue weighted by atomic mass is 16.5. The molecule has 2 N–H and O–H groups in total. The zero-order valence-corrected chi connectivity index (χ0v) is 11.3. The van der Waals surface area contributed by atoms with Crippen LogP contribution in [-0.4, -0.2) is 18.7 Å². The van der Waals surface area contributed by atoms with Gasteiger partial charge >= 0.3 is 0 Å². The maximum absolute atomic E-state index is 6.28. The van der Waals surface area contributed by atoms with Crippen molar-refractivity contribution in [1.29, 1.82) is 0 Å². The summed E-state index contributed by atoms with van der Waals surface area (Å²) in [6.07, 6.45) is 3.18. The molecule has 0 saturated carbocycles. The first kappa shape index (κ1) is 12.1. The number of rotatable bonds is 3. The van der Waals surface area contributed by atoms with Crippen molar-refractivity contribution in [2.75, 3.05) is 19.5 Å². The average molecular weight is 258 g/mol. The topological polar surface area (TPSA) is 57.4 Å². The molecule has 4 heteroatoms. The molecule has 0 bridgehead atoms. The smallest absolute Gasteiger partial charge is 0.163 e. The van der Waals surface area contributed by atoms with Crippen molar-refractivity contribution < 1.29 is 9.47 Å². The lowest BCUT2D eigenvalue weighted by Gasteiger charge is -2.13. The van der Waals surface area contributed by atoms with Gasteiger partial charge in [-0.15, -0.1) is 0 Å². The van der Waals surface area contributed by atoms with Crippen LogP contribution in [-0.2, 0) is 12.8 Å². The van der Waals surface area contributed by atoms with E-state index in [1.807, 2.05) is 19.1 Å². The van der Waals surface area contributed by atoms with E-state index in [9.17, 15) is 0 Å². The molecular weight excluding hydrogens is 240 g/mol. The molecule has 0 unspecified atom stereocenters. The first-order valence-electron chi connectivity index (χ1n) is 6.66. The first-order chi connectivity index (χ1) is 9.24. The fourth-order valence-corrected chi connectivity index (χ4v) is 2.73. The SMILES string of the molecule is CCOc1cc2nc3c(c(N)c2cc1OC)CCC3. The molecule has 19 heavy (non-hydrogen) atoms. The van der Waals surface area contributed by atoms with Crippen LogP contribution in [0.3, 0.4) is 0 Å². The molecule has 100 valence electrons. The number of nitrogen functional groups attached to an aromatic ring is 1. The Kier molecular flexibility index (Phi) is 2.93. The molecular formula is C15H18N2O2. The number of methoxy groups -OCH3 is 1. The van der Waals surface area contributed by atoms with Gasteiger partial charge in [0, 0.05) is 22.8 Å². The zero-order chi connectivity index (χ0) is 13.4. The Morgan fingerprint density at radius 3 is 2.84 bits per heavy atom. The predicted octanol–water partition coefficient (Wildman–Crippen LogP) is 2.71. The standard InChI is InChI=1S/C15H18N2O2/c1-3-19-14-8-12-10(7-13(14)18-2)15(16)9-5-4-6-11(9)17-12/h7-8H,3-6H2,1-2H3,(H2,16,17). The second-order valence-corrected chi connectivity index (χ2v) is 4.76. The van der Waals surface area contributed by atoms with Gasteiger partial charge in [0.15, 0.2) is 11.5 Å². The third kappa shape index (κ3) is 1.87. The van der Waals surface area contributed by atoms with Crippen LogP contribution >= 0.6 is 0 Å². The number of aromatic nitrogens is 1. The maximum atomic E-state index is 6.28. The summed E-state index contributed by atoms with van der Waals surface area (Å²) in [5.41, 5.74) is 10.4. The van der Waals surface area contributed by atoms with Crippen molar-refractivity contribution in [3.8, 4) is 11.5 Å². The average Bonchev–Trinajstić information content (AvgIpc) is 2.87. The minimum Gasteiger partial charge on any atom is -0.493 e. The van der Waals surface area contributed by atoms with Crippen LogP contribution in [0.5, 0.6) is 11.5 Å². The fraction of sp³-hybridized carbons (Fsp3) is 0.400. The van der Waals surface area contributed by atoms with Crippen molar-refractivity contribution >= 4 is 16.6 Å². The number of nitrogens with two attached hydrogens (primary N) is 1. The van der Waals surface area contributed by atoms with E-state index in [-0.39, 0.29) is 0 Å². The van der Waals surface area contributed by atoms with Gasteiger partial charge in [0.05, 0.1) is 19.2 Å². The highest BCUT2D eigenvalue weighted by molar-refractivity contribution is 5.94. The van der Waals surface area contributed by atoms with Crippen molar-refractivity contribution in [3.63, 3.8) is 0 Å². The largest absolute Gasteiger partial charge is 0.493 e. The van der Waals surface area contributed by atoms with Gasteiger partial charge in [0.2, 0.25) is 0 Å². The number of benzene rings is 1. The van der Waals surface area contributed by atoms with Gasteiger partial charge in [-0.2, -0.15) is 0 Å². The number of anilines is 1. The Hall–Kier alpha value is -1.97. The molecule has 0 radical (unpaired) electrons. The van der Waals surface area contributed by atoms with E-state index < -0.39 is 0 Å². The van der Waals surface area contributed by atoms with E-state index >= 15 is 0 Å².